The second kappa shape index (κ2) is 8.45. The van der Waals surface area contributed by atoms with Gasteiger partial charge in [0.25, 0.3) is 0 Å². The van der Waals surface area contributed by atoms with Gasteiger partial charge in [0.1, 0.15) is 18.2 Å². The Bertz CT molecular complexity index is 727. The minimum Gasteiger partial charge on any atom is -0.347 e. The third-order valence-electron chi connectivity index (χ3n) is 4.30. The molecule has 2 N–H and O–H groups in total. The fourth-order valence-electron chi connectivity index (χ4n) is 3.10. The zero-order chi connectivity index (χ0) is 17.6. The number of carbonyl (C=O) groups excluding carboxylic acids is 1. The van der Waals surface area contributed by atoms with Crippen molar-refractivity contribution in [3.05, 3.63) is 65.7 Å². The van der Waals surface area contributed by atoms with Crippen LogP contribution < -0.4 is 10.2 Å². The van der Waals surface area contributed by atoms with E-state index in [1.54, 1.807) is 0 Å². The van der Waals surface area contributed by atoms with Crippen LogP contribution in [0.15, 0.2) is 53.4 Å². The van der Waals surface area contributed by atoms with E-state index in [1.165, 1.54) is 22.6 Å². The van der Waals surface area contributed by atoms with Crippen LogP contribution in [-0.2, 0) is 11.3 Å². The summed E-state index contributed by atoms with van der Waals surface area (Å²) in [5, 5.41) is 3.02. The molecule has 6 heteroatoms. The molecule has 2 atom stereocenters. The average molecular weight is 363 g/mol. The van der Waals surface area contributed by atoms with Gasteiger partial charge in [0.05, 0.1) is 24.9 Å². The van der Waals surface area contributed by atoms with Gasteiger partial charge in [-0.15, -0.1) is 11.8 Å². The van der Waals surface area contributed by atoms with E-state index in [0.717, 1.165) is 43.9 Å². The Labute approximate surface area is 150 Å². The summed E-state index contributed by atoms with van der Waals surface area (Å²) in [5.41, 5.74) is 1.30. The van der Waals surface area contributed by atoms with Gasteiger partial charge in [-0.3, -0.25) is 4.79 Å². The molecule has 0 aliphatic carbocycles. The highest BCUT2D eigenvalue weighted by Crippen LogP contribution is 2.22. The van der Waals surface area contributed by atoms with E-state index in [4.69, 9.17) is 0 Å². The Kier molecular flexibility index (Phi) is 6.04. The molecule has 2 aromatic rings. The standard InChI is InChI=1S/C19H20F2N2OS/c20-15-6-7-18(17(21)10-15)25-13-19(24)22-16-8-9-23(12-16)11-14-4-2-1-3-5-14/h1-7,10,16H,8-9,11-13H2,(H,22,24)/p+1/t16-/m1/s1. The van der Waals surface area contributed by atoms with Crippen molar-refractivity contribution >= 4 is 17.7 Å². The molecule has 3 rings (SSSR count). The number of rotatable bonds is 6. The van der Waals surface area contributed by atoms with E-state index < -0.39 is 11.6 Å². The van der Waals surface area contributed by atoms with Crippen molar-refractivity contribution in [2.24, 2.45) is 0 Å². The number of likely N-dealkylation sites (tertiary alicyclic amines) is 1. The van der Waals surface area contributed by atoms with Gasteiger partial charge in [-0.2, -0.15) is 0 Å². The van der Waals surface area contributed by atoms with Crippen molar-refractivity contribution in [3.8, 4) is 0 Å². The van der Waals surface area contributed by atoms with Crippen molar-refractivity contribution in [2.75, 3.05) is 18.8 Å². The first kappa shape index (κ1) is 17.9. The Hall–Kier alpha value is -1.92. The first-order chi connectivity index (χ1) is 12.1. The van der Waals surface area contributed by atoms with E-state index >= 15 is 0 Å². The number of carbonyl (C=O) groups is 1. The van der Waals surface area contributed by atoms with E-state index in [0.29, 0.717) is 4.90 Å². The van der Waals surface area contributed by atoms with E-state index in [2.05, 4.69) is 17.4 Å². The highest BCUT2D eigenvalue weighted by Gasteiger charge is 2.27. The average Bonchev–Trinajstić information content (AvgIpc) is 3.02. The molecule has 1 amide bonds. The monoisotopic (exact) mass is 363 g/mol. The zero-order valence-corrected chi connectivity index (χ0v) is 14.6. The lowest BCUT2D eigenvalue weighted by Crippen LogP contribution is -3.09. The highest BCUT2D eigenvalue weighted by molar-refractivity contribution is 8.00. The van der Waals surface area contributed by atoms with Gasteiger partial charge in [0.15, 0.2) is 0 Å². The number of halogens is 2. The maximum absolute atomic E-state index is 13.6. The van der Waals surface area contributed by atoms with Gasteiger partial charge in [-0.25, -0.2) is 8.78 Å². The number of nitrogens with one attached hydrogen (secondary N) is 2. The molecule has 0 bridgehead atoms. The molecule has 1 saturated heterocycles. The number of amides is 1. The predicted molar refractivity (Wildman–Crippen MR) is 94.5 cm³/mol. The van der Waals surface area contributed by atoms with Crippen LogP contribution in [0.25, 0.3) is 0 Å². The Morgan fingerprint density at radius 3 is 2.76 bits per heavy atom. The summed E-state index contributed by atoms with van der Waals surface area (Å²) >= 11 is 1.09. The minimum absolute atomic E-state index is 0.111. The van der Waals surface area contributed by atoms with Crippen molar-refractivity contribution in [1.29, 1.82) is 0 Å². The second-order valence-electron chi connectivity index (χ2n) is 6.28. The van der Waals surface area contributed by atoms with Gasteiger partial charge >= 0.3 is 0 Å². The van der Waals surface area contributed by atoms with Gasteiger partial charge in [0.2, 0.25) is 5.91 Å². The molecule has 2 aromatic carbocycles. The highest BCUT2D eigenvalue weighted by atomic mass is 32.2. The molecule has 1 aliphatic rings. The maximum Gasteiger partial charge on any atom is 0.230 e. The summed E-state index contributed by atoms with van der Waals surface area (Å²) in [6, 6.07) is 13.9. The minimum atomic E-state index is -0.628. The van der Waals surface area contributed by atoms with Crippen LogP contribution >= 0.6 is 11.8 Å². The molecule has 1 heterocycles. The quantitative estimate of drug-likeness (QED) is 0.770. The Morgan fingerprint density at radius 2 is 2.00 bits per heavy atom. The molecule has 1 unspecified atom stereocenters. The SMILES string of the molecule is O=C(CSc1ccc(F)cc1F)N[C@@H]1CC[NH+](Cc2ccccc2)C1. The lowest BCUT2D eigenvalue weighted by Gasteiger charge is -2.14. The molecule has 0 saturated carbocycles. The molecule has 1 aliphatic heterocycles. The molecule has 3 nitrogen and oxygen atoms in total. The van der Waals surface area contributed by atoms with Gasteiger partial charge in [-0.05, 0) is 12.1 Å². The van der Waals surface area contributed by atoms with Crippen LogP contribution in [0, 0.1) is 11.6 Å². The molecule has 25 heavy (non-hydrogen) atoms. The number of hydrogen-bond donors (Lipinski definition) is 2. The largest absolute Gasteiger partial charge is 0.347 e. The summed E-state index contributed by atoms with van der Waals surface area (Å²) in [6.45, 7) is 2.89. The van der Waals surface area contributed by atoms with Gasteiger partial charge in [0, 0.05) is 22.9 Å². The summed E-state index contributed by atoms with van der Waals surface area (Å²) in [5.74, 6) is -1.22. The molecular formula is C19H21F2N2OS+. The van der Waals surface area contributed by atoms with Crippen LogP contribution in [-0.4, -0.2) is 30.8 Å². The lowest BCUT2D eigenvalue weighted by atomic mass is 10.2. The molecule has 0 aromatic heterocycles. The molecular weight excluding hydrogens is 342 g/mol. The number of quaternary nitrogens is 1. The van der Waals surface area contributed by atoms with Crippen molar-refractivity contribution in [1.82, 2.24) is 5.32 Å². The zero-order valence-electron chi connectivity index (χ0n) is 13.8. The first-order valence-corrected chi connectivity index (χ1v) is 9.33. The first-order valence-electron chi connectivity index (χ1n) is 8.35. The van der Waals surface area contributed by atoms with Crippen LogP contribution in [0.2, 0.25) is 0 Å². The van der Waals surface area contributed by atoms with Gasteiger partial charge < -0.3 is 10.2 Å². The summed E-state index contributed by atoms with van der Waals surface area (Å²) in [6.07, 6.45) is 0.948. The number of thioether (sulfide) groups is 1. The Balaban J connectivity index is 1.43. The summed E-state index contributed by atoms with van der Waals surface area (Å²) in [7, 11) is 0. The predicted octanol–water partition coefficient (Wildman–Crippen LogP) is 2.03. The normalized spacial score (nSPS) is 19.8. The van der Waals surface area contributed by atoms with Gasteiger partial charge in [-0.1, -0.05) is 30.3 Å². The van der Waals surface area contributed by atoms with Crippen molar-refractivity contribution < 1.29 is 18.5 Å². The second-order valence-corrected chi connectivity index (χ2v) is 7.30. The van der Waals surface area contributed by atoms with Crippen LogP contribution in [0.3, 0.4) is 0 Å². The van der Waals surface area contributed by atoms with Crippen molar-refractivity contribution in [3.63, 3.8) is 0 Å². The fourth-order valence-corrected chi connectivity index (χ4v) is 3.84. The van der Waals surface area contributed by atoms with Crippen molar-refractivity contribution in [2.45, 2.75) is 23.9 Å². The van der Waals surface area contributed by atoms with Crippen LogP contribution in [0.5, 0.6) is 0 Å². The van der Waals surface area contributed by atoms with Crippen LogP contribution in [0.1, 0.15) is 12.0 Å². The topological polar surface area (TPSA) is 33.5 Å². The molecule has 1 fully saturated rings. The van der Waals surface area contributed by atoms with E-state index in [-0.39, 0.29) is 17.7 Å². The third-order valence-corrected chi connectivity index (χ3v) is 5.34. The maximum atomic E-state index is 13.6. The summed E-state index contributed by atoms with van der Waals surface area (Å²) in [4.78, 5) is 13.8. The lowest BCUT2D eigenvalue weighted by molar-refractivity contribution is -0.901. The number of hydrogen-bond acceptors (Lipinski definition) is 2. The molecule has 0 spiro atoms. The van der Waals surface area contributed by atoms with Crippen LogP contribution in [0.4, 0.5) is 8.78 Å². The molecule has 132 valence electrons. The fraction of sp³-hybridized carbons (Fsp3) is 0.316. The van der Waals surface area contributed by atoms with E-state index in [9.17, 15) is 13.6 Å². The van der Waals surface area contributed by atoms with E-state index in [1.807, 2.05) is 18.2 Å². The number of benzene rings is 2. The summed E-state index contributed by atoms with van der Waals surface area (Å²) < 4.78 is 26.4. The Morgan fingerprint density at radius 1 is 1.20 bits per heavy atom. The third kappa shape index (κ3) is 5.28. The smallest absolute Gasteiger partial charge is 0.230 e. The molecule has 0 radical (unpaired) electrons.